The Kier molecular flexibility index (Phi) is 5.89. The minimum absolute atomic E-state index is 0.178. The minimum Gasteiger partial charge on any atom is -0.492 e. The third-order valence-electron chi connectivity index (χ3n) is 5.07. The van der Waals surface area contributed by atoms with Crippen LogP contribution in [0.5, 0.6) is 5.75 Å². The van der Waals surface area contributed by atoms with Gasteiger partial charge in [-0.15, -0.1) is 0 Å². The van der Waals surface area contributed by atoms with Crippen LogP contribution in [0.2, 0.25) is 0 Å². The minimum atomic E-state index is 0.178. The first-order chi connectivity index (χ1) is 14.6. The number of hydrogen-bond donors (Lipinski definition) is 0. The number of ketones is 1. The molecular formula is C25H24N2O3. The molecule has 0 amide bonds. The second-order valence-electron chi connectivity index (χ2n) is 7.31. The molecule has 0 fully saturated rings. The molecule has 2 aromatic carbocycles. The topological polar surface area (TPSA) is 65.2 Å². The molecule has 0 saturated carbocycles. The fraction of sp³-hybridized carbons (Fsp3) is 0.240. The number of rotatable bonds is 8. The number of oxazole rings is 1. The molecule has 152 valence electrons. The molecule has 0 atom stereocenters. The van der Waals surface area contributed by atoms with E-state index >= 15 is 0 Å². The number of benzene rings is 2. The number of aryl methyl sites for hydroxylation is 2. The Morgan fingerprint density at radius 2 is 1.87 bits per heavy atom. The highest BCUT2D eigenvalue weighted by molar-refractivity contribution is 5.88. The van der Waals surface area contributed by atoms with Gasteiger partial charge in [0.05, 0.1) is 17.8 Å². The largest absolute Gasteiger partial charge is 0.492 e. The van der Waals surface area contributed by atoms with E-state index in [4.69, 9.17) is 9.15 Å². The Morgan fingerprint density at radius 1 is 1.03 bits per heavy atom. The summed E-state index contributed by atoms with van der Waals surface area (Å²) in [5.41, 5.74) is 3.81. The first-order valence-corrected chi connectivity index (χ1v) is 10.1. The van der Waals surface area contributed by atoms with E-state index in [9.17, 15) is 4.79 Å². The molecule has 2 heterocycles. The van der Waals surface area contributed by atoms with Crippen LogP contribution >= 0.6 is 0 Å². The Morgan fingerprint density at radius 3 is 2.67 bits per heavy atom. The Balaban J connectivity index is 1.47. The summed E-state index contributed by atoms with van der Waals surface area (Å²) in [7, 11) is 0. The van der Waals surface area contributed by atoms with Crippen LogP contribution in [-0.2, 0) is 17.6 Å². The first-order valence-electron chi connectivity index (χ1n) is 10.1. The molecule has 30 heavy (non-hydrogen) atoms. The fourth-order valence-corrected chi connectivity index (χ4v) is 3.47. The normalized spacial score (nSPS) is 11.0. The molecule has 4 rings (SSSR count). The third-order valence-corrected chi connectivity index (χ3v) is 5.07. The van der Waals surface area contributed by atoms with Crippen molar-refractivity contribution in [2.24, 2.45) is 0 Å². The van der Waals surface area contributed by atoms with Crippen molar-refractivity contribution in [3.05, 3.63) is 77.8 Å². The molecule has 0 aliphatic carbocycles. The van der Waals surface area contributed by atoms with E-state index in [1.807, 2.05) is 61.5 Å². The van der Waals surface area contributed by atoms with Gasteiger partial charge in [0.25, 0.3) is 0 Å². The monoisotopic (exact) mass is 400 g/mol. The number of fused-ring (bicyclic) bond motifs is 1. The molecule has 2 aromatic heterocycles. The molecular weight excluding hydrogens is 376 g/mol. The predicted molar refractivity (Wildman–Crippen MR) is 117 cm³/mol. The zero-order chi connectivity index (χ0) is 20.9. The lowest BCUT2D eigenvalue weighted by Crippen LogP contribution is -2.04. The number of Topliss-reactive ketones (excluding diaryl/α,β-unsaturated/α-hetero) is 1. The van der Waals surface area contributed by atoms with Gasteiger partial charge in [0.2, 0.25) is 5.89 Å². The molecule has 5 nitrogen and oxygen atoms in total. The molecule has 0 radical (unpaired) electrons. The van der Waals surface area contributed by atoms with Crippen LogP contribution in [0, 0.1) is 6.92 Å². The molecule has 0 unspecified atom stereocenters. The van der Waals surface area contributed by atoms with Crippen molar-refractivity contribution in [3.8, 4) is 17.2 Å². The van der Waals surface area contributed by atoms with Gasteiger partial charge < -0.3 is 13.9 Å². The van der Waals surface area contributed by atoms with E-state index in [1.54, 1.807) is 13.1 Å². The van der Waals surface area contributed by atoms with Crippen LogP contribution in [-0.4, -0.2) is 22.4 Å². The van der Waals surface area contributed by atoms with Crippen molar-refractivity contribution < 1.29 is 13.9 Å². The number of para-hydroxylation sites is 1. The van der Waals surface area contributed by atoms with Crippen LogP contribution in [0.1, 0.15) is 30.4 Å². The van der Waals surface area contributed by atoms with Crippen molar-refractivity contribution in [1.82, 2.24) is 9.97 Å². The molecule has 5 heteroatoms. The van der Waals surface area contributed by atoms with Crippen molar-refractivity contribution in [1.29, 1.82) is 0 Å². The number of pyridine rings is 1. The van der Waals surface area contributed by atoms with E-state index in [0.717, 1.165) is 39.2 Å². The highest BCUT2D eigenvalue weighted by Gasteiger charge is 2.12. The van der Waals surface area contributed by atoms with Crippen LogP contribution in [0.4, 0.5) is 0 Å². The number of carbonyl (C=O) groups excluding carboxylic acids is 1. The van der Waals surface area contributed by atoms with Crippen molar-refractivity contribution in [2.45, 2.75) is 33.1 Å². The SMILES string of the molecule is CC(=O)CCc1cccc2c(OCCc3nc(-c4ccccc4)oc3C)ccnc12. The van der Waals surface area contributed by atoms with Gasteiger partial charge in [0.15, 0.2) is 0 Å². The maximum Gasteiger partial charge on any atom is 0.226 e. The Hall–Kier alpha value is -3.47. The maximum absolute atomic E-state index is 11.4. The summed E-state index contributed by atoms with van der Waals surface area (Å²) in [5, 5.41) is 0.959. The lowest BCUT2D eigenvalue weighted by molar-refractivity contribution is -0.116. The van der Waals surface area contributed by atoms with Gasteiger partial charge in [-0.3, -0.25) is 4.98 Å². The fourth-order valence-electron chi connectivity index (χ4n) is 3.47. The standard InChI is InChI=1S/C25H24N2O3/c1-17(28)11-12-19-9-6-10-21-23(13-15-26-24(19)21)29-16-14-22-18(2)30-25(27-22)20-7-4-3-5-8-20/h3-10,13,15H,11-12,14,16H2,1-2H3. The molecule has 4 aromatic rings. The lowest BCUT2D eigenvalue weighted by atomic mass is 10.0. The van der Waals surface area contributed by atoms with Gasteiger partial charge >= 0.3 is 0 Å². The third kappa shape index (κ3) is 4.40. The predicted octanol–water partition coefficient (Wildman–Crippen LogP) is 5.34. The molecule has 0 aliphatic heterocycles. The Bertz CT molecular complexity index is 1170. The quantitative estimate of drug-likeness (QED) is 0.399. The average Bonchev–Trinajstić information content (AvgIpc) is 3.13. The van der Waals surface area contributed by atoms with E-state index in [1.165, 1.54) is 0 Å². The number of ether oxygens (including phenoxy) is 1. The number of hydrogen-bond acceptors (Lipinski definition) is 5. The smallest absolute Gasteiger partial charge is 0.226 e. The zero-order valence-electron chi connectivity index (χ0n) is 17.2. The van der Waals surface area contributed by atoms with Crippen LogP contribution < -0.4 is 4.74 Å². The summed E-state index contributed by atoms with van der Waals surface area (Å²) in [6, 6.07) is 17.8. The van der Waals surface area contributed by atoms with Crippen molar-refractivity contribution >= 4 is 16.7 Å². The summed E-state index contributed by atoms with van der Waals surface area (Å²) in [5.74, 6) is 2.41. The van der Waals surface area contributed by atoms with Crippen molar-refractivity contribution in [3.63, 3.8) is 0 Å². The van der Waals surface area contributed by atoms with E-state index < -0.39 is 0 Å². The second kappa shape index (κ2) is 8.91. The number of aromatic nitrogens is 2. The lowest BCUT2D eigenvalue weighted by Gasteiger charge is -2.10. The van der Waals surface area contributed by atoms with Gasteiger partial charge in [0.1, 0.15) is 17.3 Å². The summed E-state index contributed by atoms with van der Waals surface area (Å²) in [6.07, 6.45) is 3.60. The highest BCUT2D eigenvalue weighted by atomic mass is 16.5. The maximum atomic E-state index is 11.4. The van der Waals surface area contributed by atoms with Crippen molar-refractivity contribution in [2.75, 3.05) is 6.61 Å². The molecule has 0 saturated heterocycles. The van der Waals surface area contributed by atoms with Gasteiger partial charge in [0, 0.05) is 30.0 Å². The van der Waals surface area contributed by atoms with Gasteiger partial charge in [-0.1, -0.05) is 30.3 Å². The van der Waals surface area contributed by atoms with Gasteiger partial charge in [-0.2, -0.15) is 0 Å². The summed E-state index contributed by atoms with van der Waals surface area (Å²) >= 11 is 0. The number of carbonyl (C=O) groups is 1. The summed E-state index contributed by atoms with van der Waals surface area (Å²) in [4.78, 5) is 20.5. The first kappa shape index (κ1) is 19.8. The van der Waals surface area contributed by atoms with E-state index in [2.05, 4.69) is 9.97 Å². The van der Waals surface area contributed by atoms with E-state index in [0.29, 0.717) is 31.8 Å². The Labute approximate surface area is 175 Å². The summed E-state index contributed by atoms with van der Waals surface area (Å²) < 4.78 is 11.9. The van der Waals surface area contributed by atoms with Crippen LogP contribution in [0.3, 0.4) is 0 Å². The average molecular weight is 400 g/mol. The van der Waals surface area contributed by atoms with Gasteiger partial charge in [-0.25, -0.2) is 4.98 Å². The highest BCUT2D eigenvalue weighted by Crippen LogP contribution is 2.27. The second-order valence-corrected chi connectivity index (χ2v) is 7.31. The molecule has 0 bridgehead atoms. The van der Waals surface area contributed by atoms with Gasteiger partial charge in [-0.05, 0) is 50.1 Å². The molecule has 0 aliphatic rings. The van der Waals surface area contributed by atoms with Crippen LogP contribution in [0.25, 0.3) is 22.4 Å². The van der Waals surface area contributed by atoms with Crippen LogP contribution in [0.15, 0.2) is 65.2 Å². The zero-order valence-corrected chi connectivity index (χ0v) is 17.2. The number of nitrogens with zero attached hydrogens (tertiary/aromatic N) is 2. The van der Waals surface area contributed by atoms with E-state index in [-0.39, 0.29) is 5.78 Å². The molecule has 0 spiro atoms. The summed E-state index contributed by atoms with van der Waals surface area (Å²) in [6.45, 7) is 4.03. The molecule has 0 N–H and O–H groups in total.